The number of pyridine rings is 1. The molecule has 28 heavy (non-hydrogen) atoms. The SMILES string of the molecule is Cn1ncnc1C(=O)Nc1ccc2c(Br)c(-c3ccccc3C(F)F)[nH]c2n1. The molecule has 0 aliphatic carbocycles. The minimum absolute atomic E-state index is 0.0782. The Balaban J connectivity index is 1.72. The molecule has 10 heteroatoms. The Bertz CT molecular complexity index is 1190. The van der Waals surface area contributed by atoms with Crippen LogP contribution in [-0.2, 0) is 7.05 Å². The van der Waals surface area contributed by atoms with Crippen molar-refractivity contribution >= 4 is 38.7 Å². The zero-order chi connectivity index (χ0) is 19.8. The summed E-state index contributed by atoms with van der Waals surface area (Å²) in [7, 11) is 1.60. The number of nitrogens with one attached hydrogen (secondary N) is 2. The van der Waals surface area contributed by atoms with Gasteiger partial charge in [-0.1, -0.05) is 24.3 Å². The Kier molecular flexibility index (Phi) is 4.63. The lowest BCUT2D eigenvalue weighted by Crippen LogP contribution is -2.18. The zero-order valence-electron chi connectivity index (χ0n) is 14.4. The van der Waals surface area contributed by atoms with Crippen LogP contribution in [0.15, 0.2) is 47.2 Å². The van der Waals surface area contributed by atoms with Gasteiger partial charge in [0.1, 0.15) is 17.8 Å². The first-order valence-corrected chi connectivity index (χ1v) is 8.96. The highest BCUT2D eigenvalue weighted by Crippen LogP contribution is 2.38. The number of hydrogen-bond donors (Lipinski definition) is 2. The van der Waals surface area contributed by atoms with Gasteiger partial charge in [0, 0.05) is 23.6 Å². The van der Waals surface area contributed by atoms with Crippen molar-refractivity contribution in [2.75, 3.05) is 5.32 Å². The number of carbonyl (C=O) groups is 1. The molecule has 0 radical (unpaired) electrons. The second-order valence-electron chi connectivity index (χ2n) is 5.96. The number of anilines is 1. The predicted octanol–water partition coefficient (Wildman–Crippen LogP) is 4.31. The molecule has 3 aromatic heterocycles. The molecule has 0 saturated carbocycles. The molecule has 7 nitrogen and oxygen atoms in total. The van der Waals surface area contributed by atoms with E-state index in [9.17, 15) is 13.6 Å². The highest BCUT2D eigenvalue weighted by Gasteiger charge is 2.19. The number of aromatic amines is 1. The van der Waals surface area contributed by atoms with Crippen LogP contribution in [0.25, 0.3) is 22.3 Å². The van der Waals surface area contributed by atoms with E-state index in [-0.39, 0.29) is 11.4 Å². The third-order valence-electron chi connectivity index (χ3n) is 4.22. The average Bonchev–Trinajstić information content (AvgIpc) is 3.25. The van der Waals surface area contributed by atoms with Gasteiger partial charge in [-0.2, -0.15) is 5.10 Å². The van der Waals surface area contributed by atoms with Crippen molar-refractivity contribution in [2.24, 2.45) is 7.05 Å². The number of aromatic nitrogens is 5. The van der Waals surface area contributed by atoms with E-state index < -0.39 is 12.3 Å². The number of halogens is 3. The molecule has 4 rings (SSSR count). The quantitative estimate of drug-likeness (QED) is 0.488. The summed E-state index contributed by atoms with van der Waals surface area (Å²) in [5, 5.41) is 7.20. The van der Waals surface area contributed by atoms with Crippen LogP contribution < -0.4 is 5.32 Å². The summed E-state index contributed by atoms with van der Waals surface area (Å²) in [6.45, 7) is 0. The van der Waals surface area contributed by atoms with E-state index in [1.807, 2.05) is 0 Å². The molecule has 0 saturated heterocycles. The van der Waals surface area contributed by atoms with Crippen LogP contribution in [0.2, 0.25) is 0 Å². The van der Waals surface area contributed by atoms with Crippen LogP contribution in [0.3, 0.4) is 0 Å². The Hall–Kier alpha value is -3.14. The minimum atomic E-state index is -2.61. The van der Waals surface area contributed by atoms with Crippen LogP contribution in [0, 0.1) is 0 Å². The molecule has 0 bridgehead atoms. The monoisotopic (exact) mass is 446 g/mol. The van der Waals surface area contributed by atoms with Gasteiger partial charge in [0.15, 0.2) is 0 Å². The van der Waals surface area contributed by atoms with Gasteiger partial charge in [0.05, 0.1) is 10.2 Å². The Labute approximate surface area is 165 Å². The number of benzene rings is 1. The molecule has 0 fully saturated rings. The van der Waals surface area contributed by atoms with Gasteiger partial charge in [-0.3, -0.25) is 4.79 Å². The third kappa shape index (κ3) is 3.15. The van der Waals surface area contributed by atoms with Gasteiger partial charge < -0.3 is 10.3 Å². The summed E-state index contributed by atoms with van der Waals surface area (Å²) in [6.07, 6.45) is -1.33. The zero-order valence-corrected chi connectivity index (χ0v) is 16.0. The molecule has 0 atom stereocenters. The predicted molar refractivity (Wildman–Crippen MR) is 103 cm³/mol. The van der Waals surface area contributed by atoms with Crippen molar-refractivity contribution in [1.29, 1.82) is 0 Å². The standard InChI is InChI=1S/C18H13BrF2N6O/c1-27-17(22-8-23-27)18(28)25-12-7-6-11-13(19)14(26-16(11)24-12)9-4-2-3-5-10(9)15(20)21/h2-8,15H,1H3,(H2,24,25,26,28). The first-order chi connectivity index (χ1) is 13.5. The van der Waals surface area contributed by atoms with E-state index in [1.165, 1.54) is 17.1 Å². The summed E-state index contributed by atoms with van der Waals surface area (Å²) in [4.78, 5) is 23.6. The van der Waals surface area contributed by atoms with E-state index in [1.54, 1.807) is 37.4 Å². The summed E-state index contributed by atoms with van der Waals surface area (Å²) in [5.74, 6) is -0.0233. The van der Waals surface area contributed by atoms with Crippen LogP contribution in [0.4, 0.5) is 14.6 Å². The number of hydrogen-bond acceptors (Lipinski definition) is 4. The molecule has 4 aromatic rings. The van der Waals surface area contributed by atoms with Crippen LogP contribution in [-0.4, -0.2) is 30.6 Å². The Morgan fingerprint density at radius 2 is 2.04 bits per heavy atom. The topological polar surface area (TPSA) is 88.5 Å². The fourth-order valence-corrected chi connectivity index (χ4v) is 3.52. The van der Waals surface area contributed by atoms with Crippen LogP contribution >= 0.6 is 15.9 Å². The van der Waals surface area contributed by atoms with Gasteiger partial charge in [-0.05, 0) is 28.1 Å². The van der Waals surface area contributed by atoms with Gasteiger partial charge in [-0.15, -0.1) is 0 Å². The maximum atomic E-state index is 13.4. The molecular weight excluding hydrogens is 434 g/mol. The van der Waals surface area contributed by atoms with E-state index in [2.05, 4.69) is 41.3 Å². The Morgan fingerprint density at radius 1 is 1.25 bits per heavy atom. The maximum Gasteiger partial charge on any atom is 0.294 e. The van der Waals surface area contributed by atoms with Crippen molar-refractivity contribution in [3.63, 3.8) is 0 Å². The van der Waals surface area contributed by atoms with Crippen LogP contribution in [0.5, 0.6) is 0 Å². The van der Waals surface area contributed by atoms with Gasteiger partial charge in [0.2, 0.25) is 5.82 Å². The third-order valence-corrected chi connectivity index (χ3v) is 5.04. The summed E-state index contributed by atoms with van der Waals surface area (Å²) >= 11 is 3.46. The first-order valence-electron chi connectivity index (χ1n) is 8.16. The molecule has 1 aromatic carbocycles. The highest BCUT2D eigenvalue weighted by atomic mass is 79.9. The number of H-pyrrole nitrogens is 1. The molecule has 0 unspecified atom stereocenters. The van der Waals surface area contributed by atoms with Crippen LogP contribution in [0.1, 0.15) is 22.6 Å². The second kappa shape index (κ2) is 7.12. The summed E-state index contributed by atoms with van der Waals surface area (Å²) < 4.78 is 28.7. The number of rotatable bonds is 4. The summed E-state index contributed by atoms with van der Waals surface area (Å²) in [5.41, 5.74) is 1.24. The molecule has 0 aliphatic rings. The van der Waals surface area contributed by atoms with Crippen molar-refractivity contribution < 1.29 is 13.6 Å². The Morgan fingerprint density at radius 3 is 2.75 bits per heavy atom. The molecule has 1 amide bonds. The normalized spacial score (nSPS) is 11.3. The average molecular weight is 447 g/mol. The number of fused-ring (bicyclic) bond motifs is 1. The first kappa shape index (κ1) is 18.2. The highest BCUT2D eigenvalue weighted by molar-refractivity contribution is 9.10. The lowest BCUT2D eigenvalue weighted by molar-refractivity contribution is 0.101. The van der Waals surface area contributed by atoms with Crippen molar-refractivity contribution in [3.8, 4) is 11.3 Å². The van der Waals surface area contributed by atoms with Crippen molar-refractivity contribution in [1.82, 2.24) is 24.7 Å². The number of alkyl halides is 2. The number of aryl methyl sites for hydroxylation is 1. The molecule has 0 aliphatic heterocycles. The number of nitrogens with zero attached hydrogens (tertiary/aromatic N) is 4. The maximum absolute atomic E-state index is 13.4. The largest absolute Gasteiger partial charge is 0.338 e. The fraction of sp³-hybridized carbons (Fsp3) is 0.111. The van der Waals surface area contributed by atoms with Gasteiger partial charge >= 0.3 is 0 Å². The lowest BCUT2D eigenvalue weighted by Gasteiger charge is -2.07. The van der Waals surface area contributed by atoms with E-state index in [0.717, 1.165) is 0 Å². The molecule has 0 spiro atoms. The lowest BCUT2D eigenvalue weighted by atomic mass is 10.0. The molecule has 3 heterocycles. The van der Waals surface area contributed by atoms with E-state index in [0.29, 0.717) is 32.6 Å². The minimum Gasteiger partial charge on any atom is -0.338 e. The van der Waals surface area contributed by atoms with Gasteiger partial charge in [-0.25, -0.2) is 23.4 Å². The fourth-order valence-electron chi connectivity index (χ4n) is 2.88. The van der Waals surface area contributed by atoms with Gasteiger partial charge in [0.25, 0.3) is 12.3 Å². The molecule has 142 valence electrons. The molecular formula is C18H13BrF2N6O. The second-order valence-corrected chi connectivity index (χ2v) is 6.75. The number of amides is 1. The van der Waals surface area contributed by atoms with Crippen molar-refractivity contribution in [2.45, 2.75) is 6.43 Å². The van der Waals surface area contributed by atoms with E-state index >= 15 is 0 Å². The summed E-state index contributed by atoms with van der Waals surface area (Å²) in [6, 6.07) is 9.63. The molecule has 2 N–H and O–H groups in total. The number of carbonyl (C=O) groups excluding carboxylic acids is 1. The van der Waals surface area contributed by atoms with Crippen molar-refractivity contribution in [3.05, 3.63) is 58.6 Å². The smallest absolute Gasteiger partial charge is 0.294 e. The van der Waals surface area contributed by atoms with E-state index in [4.69, 9.17) is 0 Å².